The Bertz CT molecular complexity index is 355. The van der Waals surface area contributed by atoms with E-state index in [0.29, 0.717) is 0 Å². The molecule has 1 unspecified atom stereocenters. The lowest BCUT2D eigenvalue weighted by molar-refractivity contribution is -0.120. The third-order valence-corrected chi connectivity index (χ3v) is 1.94. The summed E-state index contributed by atoms with van der Waals surface area (Å²) in [5, 5.41) is 8.59. The summed E-state index contributed by atoms with van der Waals surface area (Å²) in [6.07, 6.45) is 3.21. The molecular formula is C10H11N3O. The maximum atomic E-state index is 11.6. The quantitative estimate of drug-likeness (QED) is 0.702. The fourth-order valence-corrected chi connectivity index (χ4v) is 1.04. The Kier molecular flexibility index (Phi) is 3.19. The van der Waals surface area contributed by atoms with Crippen molar-refractivity contribution in [3.05, 3.63) is 24.5 Å². The van der Waals surface area contributed by atoms with Crippen molar-refractivity contribution in [1.29, 1.82) is 5.26 Å². The van der Waals surface area contributed by atoms with E-state index in [1.165, 1.54) is 4.90 Å². The SMILES string of the molecule is CC(C#N)C(=O)N(C)c1ccncc1. The van der Waals surface area contributed by atoms with Crippen molar-refractivity contribution >= 4 is 11.6 Å². The lowest BCUT2D eigenvalue weighted by Gasteiger charge is -2.17. The summed E-state index contributed by atoms with van der Waals surface area (Å²) >= 11 is 0. The molecule has 4 nitrogen and oxygen atoms in total. The van der Waals surface area contributed by atoms with Gasteiger partial charge in [0.2, 0.25) is 5.91 Å². The van der Waals surface area contributed by atoms with Crippen LogP contribution in [0.2, 0.25) is 0 Å². The molecular weight excluding hydrogens is 178 g/mol. The molecule has 0 aliphatic rings. The molecule has 0 N–H and O–H groups in total. The van der Waals surface area contributed by atoms with Crippen LogP contribution in [0.3, 0.4) is 0 Å². The number of aromatic nitrogens is 1. The molecule has 1 amide bonds. The second-order valence-corrected chi connectivity index (χ2v) is 2.95. The van der Waals surface area contributed by atoms with Gasteiger partial charge < -0.3 is 4.90 Å². The highest BCUT2D eigenvalue weighted by molar-refractivity contribution is 5.95. The number of amides is 1. The van der Waals surface area contributed by atoms with Crippen LogP contribution in [-0.2, 0) is 4.79 Å². The monoisotopic (exact) mass is 189 g/mol. The van der Waals surface area contributed by atoms with Crippen LogP contribution in [0.25, 0.3) is 0 Å². The number of rotatable bonds is 2. The Morgan fingerprint density at radius 1 is 1.57 bits per heavy atom. The van der Waals surface area contributed by atoms with Crippen LogP contribution in [-0.4, -0.2) is 17.9 Å². The lowest BCUT2D eigenvalue weighted by Crippen LogP contribution is -2.30. The maximum absolute atomic E-state index is 11.6. The first-order valence-corrected chi connectivity index (χ1v) is 4.24. The summed E-state index contributed by atoms with van der Waals surface area (Å²) in [5.41, 5.74) is 0.743. The molecule has 0 radical (unpaired) electrons. The molecule has 1 atom stereocenters. The molecule has 0 saturated heterocycles. The molecule has 0 aromatic carbocycles. The molecule has 1 aromatic rings. The van der Waals surface area contributed by atoms with Gasteiger partial charge in [0, 0.05) is 25.1 Å². The smallest absolute Gasteiger partial charge is 0.243 e. The van der Waals surface area contributed by atoms with Gasteiger partial charge in [0.05, 0.1) is 6.07 Å². The number of hydrogen-bond donors (Lipinski definition) is 0. The summed E-state index contributed by atoms with van der Waals surface area (Å²) in [5.74, 6) is -0.827. The van der Waals surface area contributed by atoms with Crippen LogP contribution >= 0.6 is 0 Å². The zero-order valence-corrected chi connectivity index (χ0v) is 8.14. The fraction of sp³-hybridized carbons (Fsp3) is 0.300. The Morgan fingerprint density at radius 3 is 2.64 bits per heavy atom. The molecule has 14 heavy (non-hydrogen) atoms. The number of anilines is 1. The normalized spacial score (nSPS) is 11.5. The van der Waals surface area contributed by atoms with Gasteiger partial charge in [-0.25, -0.2) is 0 Å². The first-order chi connectivity index (χ1) is 6.66. The predicted octanol–water partition coefficient (Wildman–Crippen LogP) is 1.20. The molecule has 4 heteroatoms. The first-order valence-electron chi connectivity index (χ1n) is 4.24. The summed E-state index contributed by atoms with van der Waals surface area (Å²) in [4.78, 5) is 16.9. The Hall–Kier alpha value is -1.89. The van der Waals surface area contributed by atoms with E-state index < -0.39 is 5.92 Å². The van der Waals surface area contributed by atoms with E-state index >= 15 is 0 Å². The van der Waals surface area contributed by atoms with E-state index in [-0.39, 0.29) is 5.91 Å². The van der Waals surface area contributed by atoms with Crippen molar-refractivity contribution in [2.24, 2.45) is 5.92 Å². The molecule has 0 bridgehead atoms. The van der Waals surface area contributed by atoms with Gasteiger partial charge in [0.1, 0.15) is 5.92 Å². The van der Waals surface area contributed by atoms with Crippen LogP contribution in [0.15, 0.2) is 24.5 Å². The first kappa shape index (κ1) is 10.2. The average Bonchev–Trinajstić information content (AvgIpc) is 2.27. The third kappa shape index (κ3) is 2.07. The van der Waals surface area contributed by atoms with E-state index in [4.69, 9.17) is 5.26 Å². The van der Waals surface area contributed by atoms with Crippen molar-refractivity contribution in [2.75, 3.05) is 11.9 Å². The summed E-state index contributed by atoms with van der Waals surface area (Å²) in [6.45, 7) is 1.58. The highest BCUT2D eigenvalue weighted by atomic mass is 16.2. The van der Waals surface area contributed by atoms with Gasteiger partial charge in [0.15, 0.2) is 0 Å². The van der Waals surface area contributed by atoms with Gasteiger partial charge in [-0.05, 0) is 19.1 Å². The number of hydrogen-bond acceptors (Lipinski definition) is 3. The summed E-state index contributed by atoms with van der Waals surface area (Å²) in [6, 6.07) is 5.36. The van der Waals surface area contributed by atoms with Crippen LogP contribution in [0, 0.1) is 17.2 Å². The molecule has 0 aliphatic heterocycles. The molecule has 72 valence electrons. The molecule has 1 rings (SSSR count). The van der Waals surface area contributed by atoms with Crippen LogP contribution in [0.1, 0.15) is 6.92 Å². The molecule has 1 aromatic heterocycles. The predicted molar refractivity (Wildman–Crippen MR) is 52.4 cm³/mol. The van der Waals surface area contributed by atoms with Gasteiger partial charge in [-0.2, -0.15) is 5.26 Å². The highest BCUT2D eigenvalue weighted by Gasteiger charge is 2.17. The van der Waals surface area contributed by atoms with E-state index in [0.717, 1.165) is 5.69 Å². The topological polar surface area (TPSA) is 57.0 Å². The zero-order chi connectivity index (χ0) is 10.6. The van der Waals surface area contributed by atoms with Gasteiger partial charge in [-0.3, -0.25) is 9.78 Å². The lowest BCUT2D eigenvalue weighted by atomic mass is 10.2. The largest absolute Gasteiger partial charge is 0.314 e. The molecule has 0 fully saturated rings. The van der Waals surface area contributed by atoms with Crippen LogP contribution < -0.4 is 4.90 Å². The van der Waals surface area contributed by atoms with E-state index in [2.05, 4.69) is 4.98 Å². The molecule has 0 saturated carbocycles. The number of carbonyl (C=O) groups is 1. The van der Waals surface area contributed by atoms with Crippen LogP contribution in [0.5, 0.6) is 0 Å². The van der Waals surface area contributed by atoms with Crippen molar-refractivity contribution in [2.45, 2.75) is 6.92 Å². The molecule has 1 heterocycles. The minimum absolute atomic E-state index is 0.210. The Morgan fingerprint density at radius 2 is 2.14 bits per heavy atom. The third-order valence-electron chi connectivity index (χ3n) is 1.94. The van der Waals surface area contributed by atoms with Gasteiger partial charge in [-0.1, -0.05) is 0 Å². The molecule has 0 aliphatic carbocycles. The van der Waals surface area contributed by atoms with Crippen molar-refractivity contribution in [1.82, 2.24) is 4.98 Å². The maximum Gasteiger partial charge on any atom is 0.243 e. The number of carbonyl (C=O) groups excluding carboxylic acids is 1. The summed E-state index contributed by atoms with van der Waals surface area (Å²) < 4.78 is 0. The second-order valence-electron chi connectivity index (χ2n) is 2.95. The minimum atomic E-state index is -0.617. The second kappa shape index (κ2) is 4.38. The standard InChI is InChI=1S/C10H11N3O/c1-8(7-11)10(14)13(2)9-3-5-12-6-4-9/h3-6,8H,1-2H3. The Balaban J connectivity index is 2.82. The van der Waals surface area contributed by atoms with Crippen molar-refractivity contribution in [3.8, 4) is 6.07 Å². The van der Waals surface area contributed by atoms with Crippen LogP contribution in [0.4, 0.5) is 5.69 Å². The van der Waals surface area contributed by atoms with E-state index in [1.54, 1.807) is 38.5 Å². The van der Waals surface area contributed by atoms with Gasteiger partial charge in [0.25, 0.3) is 0 Å². The van der Waals surface area contributed by atoms with Gasteiger partial charge >= 0.3 is 0 Å². The van der Waals surface area contributed by atoms with E-state index in [9.17, 15) is 4.79 Å². The van der Waals surface area contributed by atoms with Crippen molar-refractivity contribution < 1.29 is 4.79 Å². The molecule has 0 spiro atoms. The number of nitriles is 1. The number of pyridine rings is 1. The minimum Gasteiger partial charge on any atom is -0.314 e. The van der Waals surface area contributed by atoms with Crippen molar-refractivity contribution in [3.63, 3.8) is 0 Å². The zero-order valence-electron chi connectivity index (χ0n) is 8.14. The fourth-order valence-electron chi connectivity index (χ4n) is 1.04. The Labute approximate surface area is 82.8 Å². The highest BCUT2D eigenvalue weighted by Crippen LogP contribution is 2.12. The average molecular weight is 189 g/mol. The summed E-state index contributed by atoms with van der Waals surface area (Å²) in [7, 11) is 1.64. The number of nitrogens with zero attached hydrogens (tertiary/aromatic N) is 3. The van der Waals surface area contributed by atoms with E-state index in [1.807, 2.05) is 6.07 Å². The van der Waals surface area contributed by atoms with Gasteiger partial charge in [-0.15, -0.1) is 0 Å².